The van der Waals surface area contributed by atoms with Crippen LogP contribution in [-0.4, -0.2) is 16.8 Å². The predicted octanol–water partition coefficient (Wildman–Crippen LogP) is 1.38. The van der Waals surface area contributed by atoms with Crippen molar-refractivity contribution >= 4 is 0 Å². The number of nitrogens with two attached hydrogens (primary N) is 1. The van der Waals surface area contributed by atoms with E-state index in [2.05, 4.69) is 16.0 Å². The number of fused-ring (bicyclic) bond motifs is 1. The lowest BCUT2D eigenvalue weighted by Gasteiger charge is -2.03. The van der Waals surface area contributed by atoms with Gasteiger partial charge in [-0.2, -0.15) is 0 Å². The van der Waals surface area contributed by atoms with Gasteiger partial charge >= 0.3 is 0 Å². The highest BCUT2D eigenvalue weighted by Gasteiger charge is 2.13. The second-order valence-electron chi connectivity index (χ2n) is 4.22. The van der Waals surface area contributed by atoms with E-state index in [1.165, 1.54) is 5.56 Å². The number of benzene rings is 1. The van der Waals surface area contributed by atoms with Crippen LogP contribution in [0.25, 0.3) is 0 Å². The van der Waals surface area contributed by atoms with Crippen molar-refractivity contribution in [2.24, 2.45) is 5.73 Å². The molecule has 0 atom stereocenters. The molecular formula is C13H15N3O2. The molecule has 94 valence electrons. The van der Waals surface area contributed by atoms with E-state index in [4.69, 9.17) is 15.2 Å². The molecule has 1 aromatic heterocycles. The van der Waals surface area contributed by atoms with Gasteiger partial charge in [0.2, 0.25) is 6.79 Å². The number of H-pyrrole nitrogens is 1. The number of ether oxygens (including phenoxy) is 2. The van der Waals surface area contributed by atoms with Gasteiger partial charge in [0.15, 0.2) is 11.5 Å². The van der Waals surface area contributed by atoms with Crippen LogP contribution >= 0.6 is 0 Å². The van der Waals surface area contributed by atoms with Crippen molar-refractivity contribution in [1.29, 1.82) is 0 Å². The summed E-state index contributed by atoms with van der Waals surface area (Å²) in [5, 5.41) is 0. The Kier molecular flexibility index (Phi) is 2.90. The number of nitrogens with one attached hydrogen (secondary N) is 1. The first-order valence-electron chi connectivity index (χ1n) is 5.96. The highest BCUT2D eigenvalue weighted by atomic mass is 16.7. The summed E-state index contributed by atoms with van der Waals surface area (Å²) in [7, 11) is 0. The van der Waals surface area contributed by atoms with Crippen LogP contribution < -0.4 is 15.2 Å². The number of aryl methyl sites for hydroxylation is 2. The molecule has 0 aliphatic carbocycles. The van der Waals surface area contributed by atoms with Gasteiger partial charge in [-0.05, 0) is 30.5 Å². The Morgan fingerprint density at radius 3 is 3.00 bits per heavy atom. The fourth-order valence-corrected chi connectivity index (χ4v) is 2.10. The van der Waals surface area contributed by atoms with Crippen molar-refractivity contribution in [2.45, 2.75) is 19.4 Å². The summed E-state index contributed by atoms with van der Waals surface area (Å²) in [5.74, 6) is 1.65. The van der Waals surface area contributed by atoms with Crippen molar-refractivity contribution in [2.75, 3.05) is 6.79 Å². The van der Waals surface area contributed by atoms with Crippen molar-refractivity contribution in [1.82, 2.24) is 9.97 Å². The monoisotopic (exact) mass is 245 g/mol. The Balaban J connectivity index is 1.70. The normalized spacial score (nSPS) is 12.9. The third kappa shape index (κ3) is 2.04. The minimum absolute atomic E-state index is 0.315. The minimum atomic E-state index is 0.315. The first-order chi connectivity index (χ1) is 8.86. The molecule has 2 aromatic rings. The maximum absolute atomic E-state index is 5.63. The van der Waals surface area contributed by atoms with E-state index < -0.39 is 0 Å². The molecule has 0 amide bonds. The van der Waals surface area contributed by atoms with E-state index in [0.29, 0.717) is 13.3 Å². The van der Waals surface area contributed by atoms with Crippen LogP contribution in [0.2, 0.25) is 0 Å². The molecule has 5 heteroatoms. The van der Waals surface area contributed by atoms with Crippen LogP contribution in [0.1, 0.15) is 17.0 Å². The van der Waals surface area contributed by atoms with E-state index in [0.717, 1.165) is 35.7 Å². The van der Waals surface area contributed by atoms with Crippen molar-refractivity contribution in [3.63, 3.8) is 0 Å². The van der Waals surface area contributed by atoms with Crippen LogP contribution in [0.3, 0.4) is 0 Å². The second-order valence-corrected chi connectivity index (χ2v) is 4.22. The SMILES string of the molecule is NCc1[nH]cnc1CCc1ccc2c(c1)OCO2. The fourth-order valence-electron chi connectivity index (χ4n) is 2.10. The highest BCUT2D eigenvalue weighted by Crippen LogP contribution is 2.32. The smallest absolute Gasteiger partial charge is 0.231 e. The average molecular weight is 245 g/mol. The quantitative estimate of drug-likeness (QED) is 0.853. The zero-order chi connectivity index (χ0) is 12.4. The Morgan fingerprint density at radius 2 is 2.11 bits per heavy atom. The number of hydrogen-bond acceptors (Lipinski definition) is 4. The topological polar surface area (TPSA) is 73.2 Å². The number of nitrogens with zero attached hydrogens (tertiary/aromatic N) is 1. The molecule has 1 aliphatic heterocycles. The number of rotatable bonds is 4. The predicted molar refractivity (Wildman–Crippen MR) is 66.5 cm³/mol. The summed E-state index contributed by atoms with van der Waals surface area (Å²) in [6.07, 6.45) is 3.47. The summed E-state index contributed by atoms with van der Waals surface area (Å²) >= 11 is 0. The third-order valence-electron chi connectivity index (χ3n) is 3.10. The molecule has 5 nitrogen and oxygen atoms in total. The van der Waals surface area contributed by atoms with E-state index in [-0.39, 0.29) is 0 Å². The number of imidazole rings is 1. The first kappa shape index (κ1) is 11.1. The molecule has 0 radical (unpaired) electrons. The van der Waals surface area contributed by atoms with Crippen molar-refractivity contribution in [3.8, 4) is 11.5 Å². The van der Waals surface area contributed by atoms with Gasteiger partial charge in [0.25, 0.3) is 0 Å². The second kappa shape index (κ2) is 4.70. The Labute approximate surface area is 105 Å². The average Bonchev–Trinajstić information content (AvgIpc) is 3.04. The zero-order valence-corrected chi connectivity index (χ0v) is 9.98. The van der Waals surface area contributed by atoms with E-state index >= 15 is 0 Å². The Bertz CT molecular complexity index is 551. The van der Waals surface area contributed by atoms with E-state index in [1.54, 1.807) is 6.33 Å². The minimum Gasteiger partial charge on any atom is -0.454 e. The van der Waals surface area contributed by atoms with Crippen LogP contribution in [0.4, 0.5) is 0 Å². The molecule has 0 unspecified atom stereocenters. The Hall–Kier alpha value is -2.01. The zero-order valence-electron chi connectivity index (χ0n) is 9.98. The van der Waals surface area contributed by atoms with Gasteiger partial charge < -0.3 is 20.2 Å². The lowest BCUT2D eigenvalue weighted by atomic mass is 10.1. The summed E-state index contributed by atoms with van der Waals surface area (Å²) in [6.45, 7) is 0.811. The van der Waals surface area contributed by atoms with Gasteiger partial charge in [-0.15, -0.1) is 0 Å². The van der Waals surface area contributed by atoms with Crippen LogP contribution in [0, 0.1) is 0 Å². The van der Waals surface area contributed by atoms with E-state index in [9.17, 15) is 0 Å². The number of aromatic amines is 1. The number of hydrogen-bond donors (Lipinski definition) is 2. The van der Waals surface area contributed by atoms with Crippen molar-refractivity contribution < 1.29 is 9.47 Å². The lowest BCUT2D eigenvalue weighted by molar-refractivity contribution is 0.174. The molecule has 0 fully saturated rings. The molecule has 0 saturated heterocycles. The summed E-state index contributed by atoms with van der Waals surface area (Å²) in [5.41, 5.74) is 8.89. The molecule has 0 bridgehead atoms. The summed E-state index contributed by atoms with van der Waals surface area (Å²) in [6, 6.07) is 6.03. The molecule has 1 aromatic carbocycles. The molecule has 1 aliphatic rings. The molecule has 18 heavy (non-hydrogen) atoms. The van der Waals surface area contributed by atoms with Gasteiger partial charge in [0, 0.05) is 6.54 Å². The van der Waals surface area contributed by atoms with Gasteiger partial charge in [-0.1, -0.05) is 6.07 Å². The summed E-state index contributed by atoms with van der Waals surface area (Å²) < 4.78 is 10.6. The third-order valence-corrected chi connectivity index (χ3v) is 3.10. The molecule has 0 saturated carbocycles. The molecule has 2 heterocycles. The van der Waals surface area contributed by atoms with Crippen LogP contribution in [0.5, 0.6) is 11.5 Å². The maximum atomic E-state index is 5.63. The molecule has 3 rings (SSSR count). The molecule has 0 spiro atoms. The molecular weight excluding hydrogens is 230 g/mol. The van der Waals surface area contributed by atoms with Crippen molar-refractivity contribution in [3.05, 3.63) is 41.5 Å². The standard InChI is InChI=1S/C13H15N3O2/c14-6-11-10(15-7-16-11)3-1-9-2-4-12-13(5-9)18-8-17-12/h2,4-5,7H,1,3,6,8,14H2,(H,15,16). The maximum Gasteiger partial charge on any atom is 0.231 e. The Morgan fingerprint density at radius 1 is 1.22 bits per heavy atom. The number of aromatic nitrogens is 2. The van der Waals surface area contributed by atoms with Crippen LogP contribution in [0.15, 0.2) is 24.5 Å². The summed E-state index contributed by atoms with van der Waals surface area (Å²) in [4.78, 5) is 7.34. The van der Waals surface area contributed by atoms with Gasteiger partial charge in [0.05, 0.1) is 17.7 Å². The van der Waals surface area contributed by atoms with Gasteiger partial charge in [-0.25, -0.2) is 4.98 Å². The van der Waals surface area contributed by atoms with Gasteiger partial charge in [-0.3, -0.25) is 0 Å². The van der Waals surface area contributed by atoms with Gasteiger partial charge in [0.1, 0.15) is 0 Å². The first-order valence-corrected chi connectivity index (χ1v) is 5.96. The largest absolute Gasteiger partial charge is 0.454 e. The fraction of sp³-hybridized carbons (Fsp3) is 0.308. The van der Waals surface area contributed by atoms with Crippen LogP contribution in [-0.2, 0) is 19.4 Å². The highest BCUT2D eigenvalue weighted by molar-refractivity contribution is 5.44. The lowest BCUT2D eigenvalue weighted by Crippen LogP contribution is -2.02. The van der Waals surface area contributed by atoms with E-state index in [1.807, 2.05) is 12.1 Å². The molecule has 3 N–H and O–H groups in total.